The molecule has 0 N–H and O–H groups in total. The summed E-state index contributed by atoms with van der Waals surface area (Å²) in [5, 5.41) is 17.2. The standard InChI is InChI=1S/C20H20N6O2S2/c27-30(28,15-16-4-2-1-3-5-16)25-11-9-24(10-12-25)19-7-6-18-21-22-20(26(18)23-19)17-8-13-29-14-17/h1-8,13-14H,9-12,15H2. The average molecular weight is 441 g/mol. The number of sulfonamides is 1. The topological polar surface area (TPSA) is 83.7 Å². The fourth-order valence-electron chi connectivity index (χ4n) is 3.59. The lowest BCUT2D eigenvalue weighted by molar-refractivity contribution is 0.383. The second-order valence-corrected chi connectivity index (χ2v) is 9.87. The first-order valence-corrected chi connectivity index (χ1v) is 12.2. The van der Waals surface area contributed by atoms with Crippen molar-refractivity contribution < 1.29 is 8.42 Å². The lowest BCUT2D eigenvalue weighted by Gasteiger charge is -2.34. The summed E-state index contributed by atoms with van der Waals surface area (Å²) in [6.07, 6.45) is 0. The van der Waals surface area contributed by atoms with E-state index in [2.05, 4.69) is 15.1 Å². The summed E-state index contributed by atoms with van der Waals surface area (Å²) >= 11 is 1.60. The van der Waals surface area contributed by atoms with Crippen molar-refractivity contribution in [2.45, 2.75) is 5.75 Å². The molecule has 1 fully saturated rings. The predicted molar refractivity (Wildman–Crippen MR) is 117 cm³/mol. The van der Waals surface area contributed by atoms with Gasteiger partial charge in [0.15, 0.2) is 11.5 Å². The normalized spacial score (nSPS) is 15.7. The molecule has 30 heavy (non-hydrogen) atoms. The zero-order valence-corrected chi connectivity index (χ0v) is 17.8. The van der Waals surface area contributed by atoms with Crippen LogP contribution in [0.25, 0.3) is 17.0 Å². The Balaban J connectivity index is 1.32. The molecular weight excluding hydrogens is 420 g/mol. The molecular formula is C20H20N6O2S2. The van der Waals surface area contributed by atoms with Crippen LogP contribution in [0.15, 0.2) is 59.3 Å². The Morgan fingerprint density at radius 3 is 2.47 bits per heavy atom. The number of hydrogen-bond donors (Lipinski definition) is 0. The van der Waals surface area contributed by atoms with Gasteiger partial charge in [0.05, 0.1) is 5.75 Å². The van der Waals surface area contributed by atoms with Gasteiger partial charge in [-0.05, 0) is 29.1 Å². The van der Waals surface area contributed by atoms with Crippen molar-refractivity contribution in [3.8, 4) is 11.4 Å². The van der Waals surface area contributed by atoms with Crippen LogP contribution in [0.1, 0.15) is 5.56 Å². The van der Waals surface area contributed by atoms with Gasteiger partial charge in [-0.1, -0.05) is 30.3 Å². The molecule has 1 aliphatic heterocycles. The number of fused-ring (bicyclic) bond motifs is 1. The summed E-state index contributed by atoms with van der Waals surface area (Å²) in [5.41, 5.74) is 2.47. The minimum absolute atomic E-state index is 0.0305. The number of nitrogens with zero attached hydrogens (tertiary/aromatic N) is 6. The van der Waals surface area contributed by atoms with E-state index in [0.29, 0.717) is 37.7 Å². The van der Waals surface area contributed by atoms with Crippen molar-refractivity contribution in [3.63, 3.8) is 0 Å². The monoisotopic (exact) mass is 440 g/mol. The van der Waals surface area contributed by atoms with Crippen molar-refractivity contribution in [2.75, 3.05) is 31.1 Å². The highest BCUT2D eigenvalue weighted by Crippen LogP contribution is 2.23. The van der Waals surface area contributed by atoms with Crippen LogP contribution >= 0.6 is 11.3 Å². The van der Waals surface area contributed by atoms with Crippen LogP contribution in [0.2, 0.25) is 0 Å². The molecule has 4 aromatic rings. The molecule has 0 saturated carbocycles. The molecule has 0 atom stereocenters. The zero-order valence-electron chi connectivity index (χ0n) is 16.1. The largest absolute Gasteiger partial charge is 0.353 e. The Morgan fingerprint density at radius 1 is 0.933 bits per heavy atom. The first-order valence-electron chi connectivity index (χ1n) is 9.62. The van der Waals surface area contributed by atoms with Crippen LogP contribution < -0.4 is 4.90 Å². The predicted octanol–water partition coefficient (Wildman–Crippen LogP) is 2.50. The Hall–Kier alpha value is -2.82. The van der Waals surface area contributed by atoms with Crippen molar-refractivity contribution in [2.24, 2.45) is 0 Å². The molecule has 1 saturated heterocycles. The minimum atomic E-state index is -3.34. The molecule has 154 valence electrons. The van der Waals surface area contributed by atoms with E-state index in [4.69, 9.17) is 5.10 Å². The van der Waals surface area contributed by atoms with Gasteiger partial charge in [0.1, 0.15) is 5.82 Å². The lowest BCUT2D eigenvalue weighted by atomic mass is 10.2. The summed E-state index contributed by atoms with van der Waals surface area (Å²) in [7, 11) is -3.34. The van der Waals surface area contributed by atoms with Gasteiger partial charge in [-0.2, -0.15) is 20.2 Å². The third kappa shape index (κ3) is 3.69. The van der Waals surface area contributed by atoms with E-state index >= 15 is 0 Å². The smallest absolute Gasteiger partial charge is 0.218 e. The van der Waals surface area contributed by atoms with Gasteiger partial charge in [0, 0.05) is 37.1 Å². The minimum Gasteiger partial charge on any atom is -0.353 e. The first kappa shape index (κ1) is 19.2. The molecule has 0 spiro atoms. The highest BCUT2D eigenvalue weighted by atomic mass is 32.2. The maximum Gasteiger partial charge on any atom is 0.218 e. The number of rotatable bonds is 5. The number of thiophene rings is 1. The maximum atomic E-state index is 12.8. The van der Waals surface area contributed by atoms with Crippen LogP contribution in [-0.2, 0) is 15.8 Å². The number of anilines is 1. The Morgan fingerprint density at radius 2 is 1.73 bits per heavy atom. The molecule has 4 heterocycles. The van der Waals surface area contributed by atoms with Crippen LogP contribution in [0.3, 0.4) is 0 Å². The van der Waals surface area contributed by atoms with Crippen molar-refractivity contribution in [3.05, 3.63) is 64.9 Å². The Kier molecular flexibility index (Phi) is 4.97. The highest BCUT2D eigenvalue weighted by molar-refractivity contribution is 7.88. The summed E-state index contributed by atoms with van der Waals surface area (Å²) in [6, 6.07) is 15.1. The number of piperazine rings is 1. The average Bonchev–Trinajstić information content (AvgIpc) is 3.43. The summed E-state index contributed by atoms with van der Waals surface area (Å²) in [4.78, 5) is 2.10. The van der Waals surface area contributed by atoms with Crippen molar-refractivity contribution in [1.29, 1.82) is 0 Å². The van der Waals surface area contributed by atoms with Gasteiger partial charge in [-0.25, -0.2) is 8.42 Å². The molecule has 0 aliphatic carbocycles. The molecule has 10 heteroatoms. The van der Waals surface area contributed by atoms with E-state index in [1.807, 2.05) is 59.3 Å². The summed E-state index contributed by atoms with van der Waals surface area (Å²) in [6.45, 7) is 2.05. The van der Waals surface area contributed by atoms with E-state index in [9.17, 15) is 8.42 Å². The quantitative estimate of drug-likeness (QED) is 0.474. The highest BCUT2D eigenvalue weighted by Gasteiger charge is 2.28. The first-order chi connectivity index (χ1) is 14.6. The Labute approximate surface area is 178 Å². The molecule has 8 nitrogen and oxygen atoms in total. The van der Waals surface area contributed by atoms with Gasteiger partial charge >= 0.3 is 0 Å². The molecule has 1 aromatic carbocycles. The van der Waals surface area contributed by atoms with Gasteiger partial charge < -0.3 is 4.90 Å². The van der Waals surface area contributed by atoms with Crippen molar-refractivity contribution >= 4 is 32.8 Å². The molecule has 0 amide bonds. The van der Waals surface area contributed by atoms with Crippen LogP contribution in [0.4, 0.5) is 5.82 Å². The Bertz CT molecular complexity index is 1250. The number of benzene rings is 1. The SMILES string of the molecule is O=S(=O)(Cc1ccccc1)N1CCN(c2ccc3nnc(-c4ccsc4)n3n2)CC1. The maximum absolute atomic E-state index is 12.8. The zero-order chi connectivity index (χ0) is 20.6. The van der Waals surface area contributed by atoms with Crippen molar-refractivity contribution in [1.82, 2.24) is 24.1 Å². The third-order valence-corrected chi connectivity index (χ3v) is 7.71. The van der Waals surface area contributed by atoms with Crippen LogP contribution in [-0.4, -0.2) is 58.7 Å². The van der Waals surface area contributed by atoms with Crippen LogP contribution in [0.5, 0.6) is 0 Å². The van der Waals surface area contributed by atoms with Gasteiger partial charge in [0.25, 0.3) is 0 Å². The fourth-order valence-corrected chi connectivity index (χ4v) is 5.74. The van der Waals surface area contributed by atoms with Gasteiger partial charge in [-0.15, -0.1) is 15.3 Å². The second-order valence-electron chi connectivity index (χ2n) is 7.13. The van der Waals surface area contributed by atoms with E-state index in [1.165, 1.54) is 0 Å². The third-order valence-electron chi connectivity index (χ3n) is 5.18. The van der Waals surface area contributed by atoms with Gasteiger partial charge in [0.2, 0.25) is 10.0 Å². The second kappa shape index (κ2) is 7.78. The summed E-state index contributed by atoms with van der Waals surface area (Å²) < 4.78 is 28.9. The van der Waals surface area contributed by atoms with E-state index < -0.39 is 10.0 Å². The molecule has 0 radical (unpaired) electrons. The molecule has 3 aromatic heterocycles. The number of aromatic nitrogens is 4. The van der Waals surface area contributed by atoms with E-state index in [0.717, 1.165) is 16.9 Å². The molecule has 1 aliphatic rings. The fraction of sp³-hybridized carbons (Fsp3) is 0.250. The van der Waals surface area contributed by atoms with Crippen LogP contribution in [0, 0.1) is 0 Å². The van der Waals surface area contributed by atoms with E-state index in [-0.39, 0.29) is 5.75 Å². The van der Waals surface area contributed by atoms with E-state index in [1.54, 1.807) is 20.2 Å². The van der Waals surface area contributed by atoms with Gasteiger partial charge in [-0.3, -0.25) is 0 Å². The number of hydrogen-bond acceptors (Lipinski definition) is 7. The molecule has 5 rings (SSSR count). The molecule has 0 unspecified atom stereocenters. The summed E-state index contributed by atoms with van der Waals surface area (Å²) in [5.74, 6) is 1.53. The molecule has 0 bridgehead atoms. The lowest BCUT2D eigenvalue weighted by Crippen LogP contribution is -2.49.